The number of fused-ring (bicyclic) bond motifs is 1. The van der Waals surface area contributed by atoms with Gasteiger partial charge in [0, 0.05) is 43.0 Å². The largest absolute Gasteiger partial charge is 0.506 e. The number of aryl methyl sites for hydroxylation is 1. The molecule has 4 aromatic rings. The highest BCUT2D eigenvalue weighted by molar-refractivity contribution is 6.32. The molecule has 8 heteroatoms. The van der Waals surface area contributed by atoms with Crippen LogP contribution in [0.1, 0.15) is 27.0 Å². The quantitative estimate of drug-likeness (QED) is 0.261. The maximum atomic E-state index is 13.2. The Kier molecular flexibility index (Phi) is 7.79. The lowest BCUT2D eigenvalue weighted by molar-refractivity contribution is -0.130. The zero-order chi connectivity index (χ0) is 27.4. The average Bonchev–Trinajstić information content (AvgIpc) is 2.96. The van der Waals surface area contributed by atoms with Gasteiger partial charge < -0.3 is 14.9 Å². The van der Waals surface area contributed by atoms with E-state index in [4.69, 9.17) is 11.6 Å². The molecule has 1 saturated heterocycles. The Morgan fingerprint density at radius 3 is 2.41 bits per heavy atom. The Morgan fingerprint density at radius 1 is 0.949 bits per heavy atom. The van der Waals surface area contributed by atoms with Crippen LogP contribution in [0.25, 0.3) is 10.8 Å². The molecular weight excluding hydrogens is 512 g/mol. The van der Waals surface area contributed by atoms with Gasteiger partial charge in [0.15, 0.2) is 0 Å². The molecular formula is C31H29ClN4O3. The second-order valence-corrected chi connectivity index (χ2v) is 9.96. The first-order valence-corrected chi connectivity index (χ1v) is 13.2. The van der Waals surface area contributed by atoms with Gasteiger partial charge >= 0.3 is 0 Å². The fourth-order valence-electron chi connectivity index (χ4n) is 4.91. The van der Waals surface area contributed by atoms with Gasteiger partial charge in [-0.15, -0.1) is 0 Å². The lowest BCUT2D eigenvalue weighted by Gasteiger charge is -2.37. The van der Waals surface area contributed by atoms with E-state index >= 15 is 0 Å². The molecule has 198 valence electrons. The van der Waals surface area contributed by atoms with Crippen LogP contribution in [0.4, 0.5) is 5.69 Å². The van der Waals surface area contributed by atoms with Gasteiger partial charge in [-0.3, -0.25) is 9.59 Å². The normalized spacial score (nSPS) is 13.7. The topological polar surface area (TPSA) is 85.2 Å². The molecule has 7 nitrogen and oxygen atoms in total. The number of rotatable bonds is 6. The molecule has 4 aromatic carbocycles. The zero-order valence-electron chi connectivity index (χ0n) is 21.6. The van der Waals surface area contributed by atoms with E-state index in [0.29, 0.717) is 19.5 Å². The highest BCUT2D eigenvalue weighted by Crippen LogP contribution is 2.25. The zero-order valence-corrected chi connectivity index (χ0v) is 22.4. The molecule has 39 heavy (non-hydrogen) atoms. The first-order valence-electron chi connectivity index (χ1n) is 12.8. The molecule has 1 aliphatic rings. The van der Waals surface area contributed by atoms with Crippen molar-refractivity contribution in [3.63, 3.8) is 0 Å². The minimum Gasteiger partial charge on any atom is -0.506 e. The number of amides is 2. The molecule has 0 spiro atoms. The standard InChI is InChI=1S/C31H29ClN4O3/c1-21-6-2-5-9-28(21)35-14-16-36(17-15-35)30(38)19-22-10-11-24(26-8-4-3-7-25(22)26)20-33-34-31(39)23-12-13-29(37)27(32)18-23/h2-13,18,20,37H,14-17,19H2,1H3,(H,34,39)/b33-20+. The number of phenolic OH excluding ortho intramolecular Hbond substituents is 1. The summed E-state index contributed by atoms with van der Waals surface area (Å²) in [4.78, 5) is 29.9. The molecule has 5 rings (SSSR count). The number of hydrogen-bond donors (Lipinski definition) is 2. The molecule has 1 aliphatic heterocycles. The smallest absolute Gasteiger partial charge is 0.271 e. The fourth-order valence-corrected chi connectivity index (χ4v) is 5.09. The van der Waals surface area contributed by atoms with E-state index in [-0.39, 0.29) is 22.2 Å². The van der Waals surface area contributed by atoms with E-state index in [0.717, 1.165) is 35.0 Å². The van der Waals surface area contributed by atoms with Crippen molar-refractivity contribution in [2.24, 2.45) is 5.10 Å². The molecule has 1 heterocycles. The van der Waals surface area contributed by atoms with Crippen LogP contribution >= 0.6 is 11.6 Å². The van der Waals surface area contributed by atoms with Crippen LogP contribution in [-0.4, -0.2) is 54.2 Å². The molecule has 0 atom stereocenters. The number of carbonyl (C=O) groups excluding carboxylic acids is 2. The number of halogens is 1. The van der Waals surface area contributed by atoms with Crippen LogP contribution in [0.3, 0.4) is 0 Å². The third kappa shape index (κ3) is 5.89. The van der Waals surface area contributed by atoms with Gasteiger partial charge in [-0.05, 0) is 53.1 Å². The van der Waals surface area contributed by atoms with E-state index < -0.39 is 5.91 Å². The molecule has 0 bridgehead atoms. The number of hydrogen-bond acceptors (Lipinski definition) is 5. The summed E-state index contributed by atoms with van der Waals surface area (Å²) in [5, 5.41) is 15.7. The van der Waals surface area contributed by atoms with Crippen molar-refractivity contribution in [3.05, 3.63) is 106 Å². The number of aromatic hydroxyl groups is 1. The number of piperazine rings is 1. The molecule has 2 amide bonds. The first-order chi connectivity index (χ1) is 18.9. The number of phenols is 1. The number of hydrazone groups is 1. The number of benzene rings is 4. The lowest BCUT2D eigenvalue weighted by atomic mass is 9.97. The number of para-hydroxylation sites is 1. The summed E-state index contributed by atoms with van der Waals surface area (Å²) in [6.07, 6.45) is 1.90. The van der Waals surface area contributed by atoms with E-state index in [1.54, 1.807) is 6.21 Å². The lowest BCUT2D eigenvalue weighted by Crippen LogP contribution is -2.49. The van der Waals surface area contributed by atoms with Crippen LogP contribution in [-0.2, 0) is 11.2 Å². The molecule has 0 aliphatic carbocycles. The van der Waals surface area contributed by atoms with Gasteiger partial charge in [0.2, 0.25) is 5.91 Å². The predicted molar refractivity (Wildman–Crippen MR) is 156 cm³/mol. The van der Waals surface area contributed by atoms with Gasteiger partial charge in [0.25, 0.3) is 5.91 Å². The molecule has 0 radical (unpaired) electrons. The maximum absolute atomic E-state index is 13.2. The van der Waals surface area contributed by atoms with Crippen molar-refractivity contribution in [2.45, 2.75) is 13.3 Å². The Morgan fingerprint density at radius 2 is 1.67 bits per heavy atom. The molecule has 0 aromatic heterocycles. The first kappa shape index (κ1) is 26.3. The van der Waals surface area contributed by atoms with E-state index in [1.165, 1.54) is 29.4 Å². The van der Waals surface area contributed by atoms with Gasteiger partial charge in [-0.2, -0.15) is 5.10 Å². The Balaban J connectivity index is 1.25. The highest BCUT2D eigenvalue weighted by atomic mass is 35.5. The van der Waals surface area contributed by atoms with Crippen molar-refractivity contribution in [3.8, 4) is 5.75 Å². The SMILES string of the molecule is Cc1ccccc1N1CCN(C(=O)Cc2ccc(/C=N/NC(=O)c3ccc(O)c(Cl)c3)c3ccccc23)CC1. The number of nitrogens with one attached hydrogen (secondary N) is 1. The number of carbonyl (C=O) groups is 2. The Bertz CT molecular complexity index is 1560. The second kappa shape index (κ2) is 11.6. The van der Waals surface area contributed by atoms with Gasteiger partial charge in [0.05, 0.1) is 17.7 Å². The summed E-state index contributed by atoms with van der Waals surface area (Å²) in [6.45, 7) is 5.14. The summed E-state index contributed by atoms with van der Waals surface area (Å²) in [5.74, 6) is -0.417. The maximum Gasteiger partial charge on any atom is 0.271 e. The molecule has 1 fully saturated rings. The Hall–Kier alpha value is -4.36. The van der Waals surface area contributed by atoms with Crippen molar-refractivity contribution >= 4 is 46.1 Å². The van der Waals surface area contributed by atoms with Gasteiger partial charge in [-0.1, -0.05) is 66.2 Å². The monoisotopic (exact) mass is 540 g/mol. The summed E-state index contributed by atoms with van der Waals surface area (Å²) in [5.41, 5.74) is 7.03. The average molecular weight is 541 g/mol. The number of nitrogens with zero attached hydrogens (tertiary/aromatic N) is 3. The van der Waals surface area contributed by atoms with Crippen LogP contribution in [0.15, 0.2) is 84.0 Å². The Labute approximate surface area is 232 Å². The van der Waals surface area contributed by atoms with Crippen LogP contribution < -0.4 is 10.3 Å². The van der Waals surface area contributed by atoms with Crippen LogP contribution in [0, 0.1) is 6.92 Å². The second-order valence-electron chi connectivity index (χ2n) is 9.56. The van der Waals surface area contributed by atoms with Crippen molar-refractivity contribution in [1.82, 2.24) is 10.3 Å². The highest BCUT2D eigenvalue weighted by Gasteiger charge is 2.22. The third-order valence-electron chi connectivity index (χ3n) is 7.06. The van der Waals surface area contributed by atoms with Gasteiger partial charge in [0.1, 0.15) is 5.75 Å². The summed E-state index contributed by atoms with van der Waals surface area (Å²) >= 11 is 5.89. The molecule has 2 N–H and O–H groups in total. The van der Waals surface area contributed by atoms with Gasteiger partial charge in [-0.25, -0.2) is 5.43 Å². The molecule has 0 unspecified atom stereocenters. The summed E-state index contributed by atoms with van der Waals surface area (Å²) < 4.78 is 0. The van der Waals surface area contributed by atoms with Crippen LogP contribution in [0.5, 0.6) is 5.75 Å². The summed E-state index contributed by atoms with van der Waals surface area (Å²) in [7, 11) is 0. The van der Waals surface area contributed by atoms with Crippen molar-refractivity contribution in [2.75, 3.05) is 31.1 Å². The minimum absolute atomic E-state index is 0.0914. The van der Waals surface area contributed by atoms with Crippen molar-refractivity contribution in [1.29, 1.82) is 0 Å². The van der Waals surface area contributed by atoms with Crippen LogP contribution in [0.2, 0.25) is 5.02 Å². The van der Waals surface area contributed by atoms with E-state index in [1.807, 2.05) is 47.4 Å². The van der Waals surface area contributed by atoms with E-state index in [2.05, 4.69) is 40.5 Å². The fraction of sp³-hybridized carbons (Fsp3) is 0.194. The van der Waals surface area contributed by atoms with E-state index in [9.17, 15) is 14.7 Å². The van der Waals surface area contributed by atoms with Crippen molar-refractivity contribution < 1.29 is 14.7 Å². The minimum atomic E-state index is -0.442. The third-order valence-corrected chi connectivity index (χ3v) is 7.36. The summed E-state index contributed by atoms with van der Waals surface area (Å²) in [6, 6.07) is 24.3. The number of anilines is 1. The predicted octanol–water partition coefficient (Wildman–Crippen LogP) is 5.16. The molecule has 0 saturated carbocycles.